The number of hydrogen-bond acceptors (Lipinski definition) is 6. The first-order valence-electron chi connectivity index (χ1n) is 9.76. The number of methoxy groups -OCH3 is 2. The minimum absolute atomic E-state index is 0.00107. The zero-order valence-corrected chi connectivity index (χ0v) is 19.5. The summed E-state index contributed by atoms with van der Waals surface area (Å²) in [7, 11) is -0.911. The Hall–Kier alpha value is -2.82. The number of nitrogens with one attached hydrogen (secondary N) is 1. The topological polar surface area (TPSA) is 105 Å². The van der Waals surface area contributed by atoms with Crippen molar-refractivity contribution >= 4 is 39.1 Å². The van der Waals surface area contributed by atoms with Crippen LogP contribution in [0.2, 0.25) is 5.02 Å². The van der Waals surface area contributed by atoms with Crippen LogP contribution in [-0.4, -0.2) is 69.8 Å². The third-order valence-electron chi connectivity index (χ3n) is 5.14. The van der Waals surface area contributed by atoms with Crippen molar-refractivity contribution in [3.8, 4) is 11.5 Å². The number of ether oxygens (including phenoxy) is 2. The van der Waals surface area contributed by atoms with Crippen molar-refractivity contribution in [1.82, 2.24) is 9.21 Å². The third-order valence-corrected chi connectivity index (χ3v) is 7.33. The van der Waals surface area contributed by atoms with E-state index in [0.717, 1.165) is 0 Å². The lowest BCUT2D eigenvalue weighted by Gasteiger charge is -2.33. The van der Waals surface area contributed by atoms with Crippen LogP contribution in [0.4, 0.5) is 5.69 Å². The third kappa shape index (κ3) is 4.98. The smallest absolute Gasteiger partial charge is 0.255 e. The number of piperazine rings is 1. The van der Waals surface area contributed by atoms with E-state index < -0.39 is 15.9 Å². The molecule has 2 aromatic carbocycles. The predicted molar refractivity (Wildman–Crippen MR) is 120 cm³/mol. The lowest BCUT2D eigenvalue weighted by Crippen LogP contribution is -2.49. The number of sulfonamides is 1. The maximum atomic E-state index is 13.1. The fourth-order valence-corrected chi connectivity index (χ4v) is 5.05. The molecule has 1 fully saturated rings. The molecular formula is C21H24ClN3O6S. The van der Waals surface area contributed by atoms with Gasteiger partial charge in [-0.2, -0.15) is 4.31 Å². The molecule has 172 valence electrons. The van der Waals surface area contributed by atoms with Crippen molar-refractivity contribution in [1.29, 1.82) is 0 Å². The van der Waals surface area contributed by atoms with Crippen LogP contribution >= 0.6 is 11.6 Å². The summed E-state index contributed by atoms with van der Waals surface area (Å²) in [5.41, 5.74) is 0.472. The van der Waals surface area contributed by atoms with Crippen LogP contribution in [0.3, 0.4) is 0 Å². The van der Waals surface area contributed by atoms with E-state index in [1.165, 1.54) is 55.8 Å². The molecule has 1 aliphatic rings. The van der Waals surface area contributed by atoms with Crippen molar-refractivity contribution in [2.45, 2.75) is 11.8 Å². The van der Waals surface area contributed by atoms with Crippen molar-refractivity contribution < 1.29 is 27.5 Å². The lowest BCUT2D eigenvalue weighted by atomic mass is 10.2. The van der Waals surface area contributed by atoms with Gasteiger partial charge in [0.05, 0.1) is 29.8 Å². The van der Waals surface area contributed by atoms with Gasteiger partial charge in [0.2, 0.25) is 15.9 Å². The Kier molecular flexibility index (Phi) is 7.27. The monoisotopic (exact) mass is 481 g/mol. The van der Waals surface area contributed by atoms with Crippen LogP contribution in [0, 0.1) is 0 Å². The van der Waals surface area contributed by atoms with Gasteiger partial charge in [0.25, 0.3) is 5.91 Å². The quantitative estimate of drug-likeness (QED) is 0.679. The van der Waals surface area contributed by atoms with Crippen LogP contribution in [0.1, 0.15) is 17.3 Å². The number of carbonyl (C=O) groups is 2. The maximum absolute atomic E-state index is 13.1. The van der Waals surface area contributed by atoms with E-state index in [-0.39, 0.29) is 34.5 Å². The van der Waals surface area contributed by atoms with Crippen molar-refractivity contribution in [3.05, 3.63) is 47.0 Å². The van der Waals surface area contributed by atoms with Gasteiger partial charge in [0, 0.05) is 44.7 Å². The Morgan fingerprint density at radius 2 is 1.66 bits per heavy atom. The zero-order valence-electron chi connectivity index (χ0n) is 17.9. The van der Waals surface area contributed by atoms with Crippen LogP contribution in [0.5, 0.6) is 11.5 Å². The summed E-state index contributed by atoms with van der Waals surface area (Å²) in [6.45, 7) is 2.50. The van der Waals surface area contributed by atoms with Crippen LogP contribution in [0.25, 0.3) is 0 Å². The number of benzene rings is 2. The number of halogens is 1. The minimum atomic E-state index is -3.82. The molecule has 0 saturated carbocycles. The second-order valence-corrected chi connectivity index (χ2v) is 9.42. The number of nitrogens with zero attached hydrogens (tertiary/aromatic N) is 2. The van der Waals surface area contributed by atoms with Crippen LogP contribution in [-0.2, 0) is 14.8 Å². The summed E-state index contributed by atoms with van der Waals surface area (Å²) in [6.07, 6.45) is 0. The van der Waals surface area contributed by atoms with E-state index >= 15 is 0 Å². The molecule has 0 atom stereocenters. The summed E-state index contributed by atoms with van der Waals surface area (Å²) in [5.74, 6) is 0.115. The van der Waals surface area contributed by atoms with Crippen molar-refractivity contribution in [2.24, 2.45) is 0 Å². The zero-order chi connectivity index (χ0) is 23.5. The molecule has 32 heavy (non-hydrogen) atoms. The molecule has 0 aliphatic carbocycles. The molecule has 3 rings (SSSR count). The van der Waals surface area contributed by atoms with E-state index in [2.05, 4.69) is 5.32 Å². The second-order valence-electron chi connectivity index (χ2n) is 7.08. The van der Waals surface area contributed by atoms with Gasteiger partial charge in [-0.05, 0) is 24.3 Å². The highest BCUT2D eigenvalue weighted by Gasteiger charge is 2.29. The van der Waals surface area contributed by atoms with Crippen molar-refractivity contribution in [3.63, 3.8) is 0 Å². The Labute approximate surface area is 191 Å². The number of carbonyl (C=O) groups excluding carboxylic acids is 2. The molecule has 2 aromatic rings. The number of anilines is 1. The Morgan fingerprint density at radius 3 is 2.25 bits per heavy atom. The predicted octanol–water partition coefficient (Wildman–Crippen LogP) is 2.46. The first-order valence-corrected chi connectivity index (χ1v) is 11.6. The molecule has 0 bridgehead atoms. The summed E-state index contributed by atoms with van der Waals surface area (Å²) in [4.78, 5) is 25.9. The summed E-state index contributed by atoms with van der Waals surface area (Å²) >= 11 is 6.15. The molecule has 1 heterocycles. The normalized spacial score (nSPS) is 14.7. The Morgan fingerprint density at radius 1 is 1.00 bits per heavy atom. The van der Waals surface area contributed by atoms with Crippen LogP contribution < -0.4 is 14.8 Å². The molecular weight excluding hydrogens is 458 g/mol. The van der Waals surface area contributed by atoms with Gasteiger partial charge in [-0.3, -0.25) is 9.59 Å². The molecule has 11 heteroatoms. The van der Waals surface area contributed by atoms with Crippen LogP contribution in [0.15, 0.2) is 41.3 Å². The fourth-order valence-electron chi connectivity index (χ4n) is 3.34. The molecule has 2 amide bonds. The highest BCUT2D eigenvalue weighted by Crippen LogP contribution is 2.36. The molecule has 0 aromatic heterocycles. The van der Waals surface area contributed by atoms with Gasteiger partial charge in [-0.25, -0.2) is 8.42 Å². The van der Waals surface area contributed by atoms with E-state index in [0.29, 0.717) is 30.3 Å². The average molecular weight is 482 g/mol. The van der Waals surface area contributed by atoms with Gasteiger partial charge < -0.3 is 19.7 Å². The highest BCUT2D eigenvalue weighted by atomic mass is 35.5. The standard InChI is InChI=1S/C21H24ClN3O6S/c1-14(26)24-7-9-25(10-8-24)32(28,29)16-6-4-5-15(11-16)21(27)23-18-12-17(22)19(30-2)13-20(18)31-3/h4-6,11-13H,7-10H2,1-3H3,(H,23,27). The van der Waals surface area contributed by atoms with Crippen molar-refractivity contribution in [2.75, 3.05) is 45.7 Å². The summed E-state index contributed by atoms with van der Waals surface area (Å²) in [5, 5.41) is 2.97. The maximum Gasteiger partial charge on any atom is 0.255 e. The molecule has 1 aliphatic heterocycles. The number of hydrogen-bond donors (Lipinski definition) is 1. The van der Waals surface area contributed by atoms with Gasteiger partial charge in [0.15, 0.2) is 0 Å². The van der Waals surface area contributed by atoms with Gasteiger partial charge in [-0.15, -0.1) is 0 Å². The largest absolute Gasteiger partial charge is 0.495 e. The Balaban J connectivity index is 1.81. The highest BCUT2D eigenvalue weighted by molar-refractivity contribution is 7.89. The SMILES string of the molecule is COc1cc(OC)c(NC(=O)c2cccc(S(=O)(=O)N3CCN(C(C)=O)CC3)c2)cc1Cl. The molecule has 0 radical (unpaired) electrons. The molecule has 0 unspecified atom stereocenters. The van der Waals surface area contributed by atoms with Gasteiger partial charge in [-0.1, -0.05) is 17.7 Å². The lowest BCUT2D eigenvalue weighted by molar-refractivity contribution is -0.129. The average Bonchev–Trinajstić information content (AvgIpc) is 2.79. The van der Waals surface area contributed by atoms with E-state index in [4.69, 9.17) is 21.1 Å². The first-order chi connectivity index (χ1) is 15.2. The Bertz CT molecular complexity index is 1130. The van der Waals surface area contributed by atoms with E-state index in [9.17, 15) is 18.0 Å². The number of amides is 2. The summed E-state index contributed by atoms with van der Waals surface area (Å²) < 4.78 is 37.8. The molecule has 0 spiro atoms. The minimum Gasteiger partial charge on any atom is -0.495 e. The molecule has 1 saturated heterocycles. The molecule has 9 nitrogen and oxygen atoms in total. The number of rotatable bonds is 6. The molecule has 1 N–H and O–H groups in total. The van der Waals surface area contributed by atoms with Gasteiger partial charge in [0.1, 0.15) is 11.5 Å². The summed E-state index contributed by atoms with van der Waals surface area (Å²) in [6, 6.07) is 8.81. The second kappa shape index (κ2) is 9.76. The van der Waals surface area contributed by atoms with E-state index in [1.54, 1.807) is 11.0 Å². The van der Waals surface area contributed by atoms with E-state index in [1.807, 2.05) is 0 Å². The fraction of sp³-hybridized carbons (Fsp3) is 0.333. The first kappa shape index (κ1) is 23.8. The van der Waals surface area contributed by atoms with Gasteiger partial charge >= 0.3 is 0 Å².